The van der Waals surface area contributed by atoms with E-state index in [9.17, 15) is 8.78 Å². The Morgan fingerprint density at radius 3 is 2.45 bits per heavy atom. The van der Waals surface area contributed by atoms with Crippen LogP contribution in [0.4, 0.5) is 8.78 Å². The summed E-state index contributed by atoms with van der Waals surface area (Å²) in [6, 6.07) is 6.68. The number of nitrogens with two attached hydrogens (primary N) is 1. The quantitative estimate of drug-likeness (QED) is 0.424. The Balaban J connectivity index is 2.55. The largest absolute Gasteiger partial charge is 0.271 e. The molecule has 0 aliphatic carbocycles. The standard InChI is InChI=1S/C13H9Br2ClF2N2/c14-7-3-6(4-8(17)5-7)13(20-19)9-1-2-10(15)11(16)12(9)18/h1-5,13,20H,19H2. The van der Waals surface area contributed by atoms with E-state index >= 15 is 0 Å². The Labute approximate surface area is 136 Å². The third kappa shape index (κ3) is 3.20. The summed E-state index contributed by atoms with van der Waals surface area (Å²) in [5.41, 5.74) is 3.19. The highest BCUT2D eigenvalue weighted by Gasteiger charge is 2.20. The average molecular weight is 426 g/mol. The van der Waals surface area contributed by atoms with Crippen molar-refractivity contribution in [2.45, 2.75) is 6.04 Å². The van der Waals surface area contributed by atoms with Crippen molar-refractivity contribution in [2.24, 2.45) is 5.84 Å². The fourth-order valence-electron chi connectivity index (χ4n) is 1.87. The molecule has 0 aliphatic heterocycles. The molecule has 7 heteroatoms. The third-order valence-corrected chi connectivity index (χ3v) is 4.48. The van der Waals surface area contributed by atoms with Gasteiger partial charge < -0.3 is 0 Å². The van der Waals surface area contributed by atoms with Crippen molar-refractivity contribution in [1.29, 1.82) is 0 Å². The van der Waals surface area contributed by atoms with Crippen molar-refractivity contribution in [3.63, 3.8) is 0 Å². The predicted octanol–water partition coefficient (Wildman–Crippen LogP) is 4.70. The monoisotopic (exact) mass is 424 g/mol. The fraction of sp³-hybridized carbons (Fsp3) is 0.0769. The molecule has 2 rings (SSSR count). The van der Waals surface area contributed by atoms with E-state index in [-0.39, 0.29) is 10.6 Å². The number of benzene rings is 2. The zero-order chi connectivity index (χ0) is 14.9. The van der Waals surface area contributed by atoms with E-state index in [0.29, 0.717) is 14.5 Å². The van der Waals surface area contributed by atoms with Gasteiger partial charge in [0.05, 0.1) is 11.1 Å². The fourth-order valence-corrected chi connectivity index (χ4v) is 2.83. The van der Waals surface area contributed by atoms with Crippen LogP contribution in [0.3, 0.4) is 0 Å². The first-order valence-electron chi connectivity index (χ1n) is 5.49. The van der Waals surface area contributed by atoms with Gasteiger partial charge in [0.25, 0.3) is 0 Å². The van der Waals surface area contributed by atoms with Crippen molar-refractivity contribution in [2.75, 3.05) is 0 Å². The molecule has 2 aromatic rings. The van der Waals surface area contributed by atoms with Gasteiger partial charge in [-0.1, -0.05) is 33.6 Å². The first kappa shape index (κ1) is 15.9. The van der Waals surface area contributed by atoms with Crippen molar-refractivity contribution in [1.82, 2.24) is 5.43 Å². The first-order chi connectivity index (χ1) is 9.43. The zero-order valence-corrected chi connectivity index (χ0v) is 13.9. The highest BCUT2D eigenvalue weighted by Crippen LogP contribution is 2.33. The molecule has 0 radical (unpaired) electrons. The van der Waals surface area contributed by atoms with Gasteiger partial charge in [0, 0.05) is 14.5 Å². The Bertz CT molecular complexity index is 632. The number of hydrazine groups is 1. The molecule has 20 heavy (non-hydrogen) atoms. The van der Waals surface area contributed by atoms with Crippen LogP contribution in [0, 0.1) is 11.6 Å². The van der Waals surface area contributed by atoms with Crippen LogP contribution in [-0.4, -0.2) is 0 Å². The van der Waals surface area contributed by atoms with Crippen LogP contribution in [0.1, 0.15) is 17.2 Å². The molecule has 0 fully saturated rings. The van der Waals surface area contributed by atoms with Crippen LogP contribution in [0.2, 0.25) is 5.02 Å². The number of halogens is 5. The molecule has 1 unspecified atom stereocenters. The second-order valence-corrected chi connectivity index (χ2v) is 6.22. The lowest BCUT2D eigenvalue weighted by atomic mass is 9.99. The smallest absolute Gasteiger partial charge is 0.148 e. The van der Waals surface area contributed by atoms with E-state index in [0.717, 1.165) is 0 Å². The maximum atomic E-state index is 14.2. The minimum atomic E-state index is -0.715. The highest BCUT2D eigenvalue weighted by atomic mass is 79.9. The Kier molecular flexibility index (Phi) is 5.14. The number of hydrogen-bond acceptors (Lipinski definition) is 2. The number of rotatable bonds is 3. The van der Waals surface area contributed by atoms with Gasteiger partial charge in [0.15, 0.2) is 0 Å². The van der Waals surface area contributed by atoms with Gasteiger partial charge in [0.1, 0.15) is 11.6 Å². The third-order valence-electron chi connectivity index (χ3n) is 2.76. The molecule has 0 amide bonds. The lowest BCUT2D eigenvalue weighted by Gasteiger charge is -2.19. The lowest BCUT2D eigenvalue weighted by molar-refractivity contribution is 0.555. The Hall–Kier alpha value is -0.530. The molecule has 0 saturated carbocycles. The van der Waals surface area contributed by atoms with Crippen LogP contribution in [0.15, 0.2) is 39.3 Å². The van der Waals surface area contributed by atoms with Crippen molar-refractivity contribution >= 4 is 43.5 Å². The van der Waals surface area contributed by atoms with Gasteiger partial charge in [-0.25, -0.2) is 14.2 Å². The lowest BCUT2D eigenvalue weighted by Crippen LogP contribution is -2.29. The SMILES string of the molecule is NNC(c1cc(F)cc(Br)c1)c1ccc(Br)c(Cl)c1F. The molecule has 3 N–H and O–H groups in total. The first-order valence-corrected chi connectivity index (χ1v) is 7.46. The Morgan fingerprint density at radius 1 is 1.15 bits per heavy atom. The molecule has 0 heterocycles. The summed E-state index contributed by atoms with van der Waals surface area (Å²) in [6.07, 6.45) is 0. The molecular formula is C13H9Br2ClF2N2. The molecule has 0 bridgehead atoms. The summed E-state index contributed by atoms with van der Waals surface area (Å²) in [6.45, 7) is 0. The maximum absolute atomic E-state index is 14.2. The second kappa shape index (κ2) is 6.49. The van der Waals surface area contributed by atoms with E-state index in [1.165, 1.54) is 18.2 Å². The summed E-state index contributed by atoms with van der Waals surface area (Å²) in [4.78, 5) is 0. The average Bonchev–Trinajstić information content (AvgIpc) is 2.38. The summed E-state index contributed by atoms with van der Waals surface area (Å²) in [5, 5.41) is -0.0433. The van der Waals surface area contributed by atoms with Crippen molar-refractivity contribution < 1.29 is 8.78 Å². The highest BCUT2D eigenvalue weighted by molar-refractivity contribution is 9.10. The van der Waals surface area contributed by atoms with Crippen LogP contribution in [0.5, 0.6) is 0 Å². The molecule has 2 nitrogen and oxygen atoms in total. The van der Waals surface area contributed by atoms with Gasteiger partial charge in [-0.15, -0.1) is 0 Å². The molecule has 0 aliphatic rings. The van der Waals surface area contributed by atoms with E-state index < -0.39 is 17.7 Å². The van der Waals surface area contributed by atoms with Crippen LogP contribution < -0.4 is 11.3 Å². The van der Waals surface area contributed by atoms with Crippen LogP contribution in [0.25, 0.3) is 0 Å². The number of nitrogens with one attached hydrogen (secondary N) is 1. The minimum absolute atomic E-state index is 0.0433. The summed E-state index contributed by atoms with van der Waals surface area (Å²) >= 11 is 12.2. The predicted molar refractivity (Wildman–Crippen MR) is 82.4 cm³/mol. The molecular weight excluding hydrogens is 417 g/mol. The van der Waals surface area contributed by atoms with E-state index in [1.54, 1.807) is 12.1 Å². The minimum Gasteiger partial charge on any atom is -0.271 e. The van der Waals surface area contributed by atoms with Gasteiger partial charge >= 0.3 is 0 Å². The van der Waals surface area contributed by atoms with Gasteiger partial charge in [-0.05, 0) is 45.8 Å². The maximum Gasteiger partial charge on any atom is 0.148 e. The van der Waals surface area contributed by atoms with Gasteiger partial charge in [-0.3, -0.25) is 5.84 Å². The normalized spacial score (nSPS) is 12.5. The molecule has 2 aromatic carbocycles. The van der Waals surface area contributed by atoms with E-state index in [2.05, 4.69) is 37.3 Å². The number of hydrogen-bond donors (Lipinski definition) is 2. The molecule has 0 saturated heterocycles. The van der Waals surface area contributed by atoms with E-state index in [1.807, 2.05) is 0 Å². The zero-order valence-electron chi connectivity index (χ0n) is 9.93. The molecule has 0 spiro atoms. The molecule has 1 atom stereocenters. The summed E-state index contributed by atoms with van der Waals surface area (Å²) < 4.78 is 28.7. The Morgan fingerprint density at radius 2 is 1.85 bits per heavy atom. The van der Waals surface area contributed by atoms with E-state index in [4.69, 9.17) is 17.4 Å². The van der Waals surface area contributed by atoms with Crippen molar-refractivity contribution in [3.8, 4) is 0 Å². The van der Waals surface area contributed by atoms with Gasteiger partial charge in [-0.2, -0.15) is 0 Å². The molecule has 106 valence electrons. The molecule has 0 aromatic heterocycles. The summed E-state index contributed by atoms with van der Waals surface area (Å²) in [7, 11) is 0. The van der Waals surface area contributed by atoms with Crippen LogP contribution in [-0.2, 0) is 0 Å². The second-order valence-electron chi connectivity index (χ2n) is 4.07. The topological polar surface area (TPSA) is 38.0 Å². The van der Waals surface area contributed by atoms with Crippen molar-refractivity contribution in [3.05, 3.63) is 67.1 Å². The van der Waals surface area contributed by atoms with Gasteiger partial charge in [0.2, 0.25) is 0 Å². The van der Waals surface area contributed by atoms with Crippen LogP contribution >= 0.6 is 43.5 Å². The summed E-state index contributed by atoms with van der Waals surface area (Å²) in [5.74, 6) is 4.43.